The van der Waals surface area contributed by atoms with Gasteiger partial charge in [-0.15, -0.1) is 24.8 Å². The van der Waals surface area contributed by atoms with E-state index in [1.807, 2.05) is 25.3 Å². The van der Waals surface area contributed by atoms with Crippen molar-refractivity contribution in [3.8, 4) is 0 Å². The minimum Gasteiger partial charge on any atom is -0.383 e. The number of methoxy groups -OCH3 is 1. The van der Waals surface area contributed by atoms with Gasteiger partial charge in [-0.3, -0.25) is 4.98 Å². The first-order valence-electron chi connectivity index (χ1n) is 8.66. The van der Waals surface area contributed by atoms with Crippen LogP contribution in [0.15, 0.2) is 24.5 Å². The largest absolute Gasteiger partial charge is 0.383 e. The highest BCUT2D eigenvalue weighted by Crippen LogP contribution is 2.35. The van der Waals surface area contributed by atoms with Gasteiger partial charge >= 0.3 is 0 Å². The monoisotopic (exact) mass is 414 g/mol. The van der Waals surface area contributed by atoms with Crippen molar-refractivity contribution in [1.82, 2.24) is 15.0 Å². The summed E-state index contributed by atoms with van der Waals surface area (Å²) in [4.78, 5) is 13.2. The second kappa shape index (κ2) is 11.2. The first-order chi connectivity index (χ1) is 12.2. The average Bonchev–Trinajstić information content (AvgIpc) is 2.57. The molecular weight excluding hydrogens is 387 g/mol. The molecule has 150 valence electrons. The van der Waals surface area contributed by atoms with E-state index in [0.29, 0.717) is 24.4 Å². The van der Waals surface area contributed by atoms with Gasteiger partial charge in [0.2, 0.25) is 0 Å². The molecule has 0 atom stereocenters. The Hall–Kier alpha value is -1.67. The lowest BCUT2D eigenvalue weighted by Crippen LogP contribution is -2.35. The second-order valence-electron chi connectivity index (χ2n) is 6.50. The summed E-state index contributed by atoms with van der Waals surface area (Å²) in [7, 11) is 1.66. The third kappa shape index (κ3) is 6.46. The summed E-state index contributed by atoms with van der Waals surface area (Å²) in [6.45, 7) is 4.00. The molecule has 0 unspecified atom stereocenters. The zero-order valence-electron chi connectivity index (χ0n) is 15.6. The Morgan fingerprint density at radius 2 is 1.93 bits per heavy atom. The maximum atomic E-state index is 5.91. The second-order valence-corrected chi connectivity index (χ2v) is 6.50. The normalized spacial score (nSPS) is 17.9. The summed E-state index contributed by atoms with van der Waals surface area (Å²) < 4.78 is 5.19. The molecule has 0 aliphatic heterocycles. The first kappa shape index (κ1) is 23.4. The van der Waals surface area contributed by atoms with E-state index in [2.05, 4.69) is 25.6 Å². The molecule has 2 aromatic rings. The van der Waals surface area contributed by atoms with Crippen molar-refractivity contribution in [2.45, 2.75) is 38.3 Å². The number of halogens is 2. The van der Waals surface area contributed by atoms with Crippen LogP contribution in [0.2, 0.25) is 0 Å². The fourth-order valence-electron chi connectivity index (χ4n) is 2.97. The molecule has 3 rings (SSSR count). The van der Waals surface area contributed by atoms with Gasteiger partial charge in [-0.2, -0.15) is 0 Å². The number of nitrogens with one attached hydrogen (secondary N) is 2. The number of aromatic nitrogens is 3. The molecule has 0 bridgehead atoms. The minimum absolute atomic E-state index is 0. The van der Waals surface area contributed by atoms with E-state index < -0.39 is 0 Å². The van der Waals surface area contributed by atoms with Crippen LogP contribution in [0.25, 0.3) is 0 Å². The predicted molar refractivity (Wildman–Crippen MR) is 113 cm³/mol. The summed E-state index contributed by atoms with van der Waals surface area (Å²) in [5.74, 6) is 1.98. The van der Waals surface area contributed by atoms with Crippen molar-refractivity contribution in [1.29, 1.82) is 0 Å². The molecular formula is C18H28Cl2N6O. The Balaban J connectivity index is 0.00000182. The Morgan fingerprint density at radius 1 is 1.19 bits per heavy atom. The molecule has 0 saturated heterocycles. The molecule has 0 amide bonds. The Kier molecular flexibility index (Phi) is 9.73. The Labute approximate surface area is 172 Å². The van der Waals surface area contributed by atoms with Gasteiger partial charge in [0, 0.05) is 62.0 Å². The highest BCUT2D eigenvalue weighted by Gasteiger charge is 2.29. The van der Waals surface area contributed by atoms with Crippen LogP contribution in [-0.2, 0) is 11.3 Å². The van der Waals surface area contributed by atoms with E-state index >= 15 is 0 Å². The maximum absolute atomic E-state index is 5.91. The van der Waals surface area contributed by atoms with E-state index in [9.17, 15) is 0 Å². The zero-order valence-corrected chi connectivity index (χ0v) is 17.3. The molecule has 1 saturated carbocycles. The number of nitrogens with zero attached hydrogens (tertiary/aromatic N) is 3. The van der Waals surface area contributed by atoms with Crippen LogP contribution in [0.1, 0.15) is 35.8 Å². The zero-order chi connectivity index (χ0) is 17.6. The molecule has 1 aliphatic carbocycles. The minimum atomic E-state index is 0. The highest BCUT2D eigenvalue weighted by molar-refractivity contribution is 5.85. The summed E-state index contributed by atoms with van der Waals surface area (Å²) in [6.07, 6.45) is 5.63. The summed E-state index contributed by atoms with van der Waals surface area (Å²) in [5.41, 5.74) is 9.21. The number of anilines is 2. The smallest absolute Gasteiger partial charge is 0.156 e. The lowest BCUT2D eigenvalue weighted by Gasteiger charge is -2.32. The SMILES string of the molecule is COCc1nc(NCCNc2ccncc2C)cc(C2CC(N)C2)n1.Cl.Cl. The summed E-state index contributed by atoms with van der Waals surface area (Å²) >= 11 is 0. The van der Waals surface area contributed by atoms with E-state index in [1.165, 1.54) is 0 Å². The molecule has 9 heteroatoms. The molecule has 27 heavy (non-hydrogen) atoms. The highest BCUT2D eigenvalue weighted by atomic mass is 35.5. The van der Waals surface area contributed by atoms with Crippen molar-refractivity contribution < 1.29 is 4.74 Å². The van der Waals surface area contributed by atoms with Gasteiger partial charge in [0.15, 0.2) is 5.82 Å². The third-order valence-electron chi connectivity index (χ3n) is 4.43. The molecule has 2 heterocycles. The van der Waals surface area contributed by atoms with Crippen molar-refractivity contribution in [3.63, 3.8) is 0 Å². The van der Waals surface area contributed by atoms with Gasteiger partial charge in [0.25, 0.3) is 0 Å². The lowest BCUT2D eigenvalue weighted by molar-refractivity contribution is 0.177. The lowest BCUT2D eigenvalue weighted by atomic mass is 9.78. The average molecular weight is 415 g/mol. The van der Waals surface area contributed by atoms with E-state index in [-0.39, 0.29) is 24.8 Å². The van der Waals surface area contributed by atoms with Crippen molar-refractivity contribution >= 4 is 36.3 Å². The molecule has 0 radical (unpaired) electrons. The number of rotatable bonds is 8. The van der Waals surface area contributed by atoms with Crippen molar-refractivity contribution in [2.75, 3.05) is 30.8 Å². The van der Waals surface area contributed by atoms with Gasteiger partial charge in [-0.05, 0) is 31.4 Å². The Bertz CT molecular complexity index is 712. The fourth-order valence-corrected chi connectivity index (χ4v) is 2.97. The van der Waals surface area contributed by atoms with E-state index in [4.69, 9.17) is 10.5 Å². The van der Waals surface area contributed by atoms with Gasteiger partial charge in [-0.25, -0.2) is 9.97 Å². The molecule has 4 N–H and O–H groups in total. The van der Waals surface area contributed by atoms with Crippen LogP contribution in [0.4, 0.5) is 11.5 Å². The summed E-state index contributed by atoms with van der Waals surface area (Å²) in [6, 6.07) is 4.32. The van der Waals surface area contributed by atoms with Crippen LogP contribution in [0.3, 0.4) is 0 Å². The fraction of sp³-hybridized carbons (Fsp3) is 0.500. The predicted octanol–water partition coefficient (Wildman–Crippen LogP) is 2.90. The molecule has 0 aromatic carbocycles. The molecule has 7 nitrogen and oxygen atoms in total. The number of hydrogen-bond donors (Lipinski definition) is 3. The van der Waals surface area contributed by atoms with Gasteiger partial charge in [0.1, 0.15) is 12.4 Å². The van der Waals surface area contributed by atoms with Crippen molar-refractivity contribution in [3.05, 3.63) is 41.6 Å². The standard InChI is InChI=1S/C18H26N6O.2ClH/c1-12-10-20-4-3-15(12)21-5-6-22-17-9-16(13-7-14(19)8-13)23-18(24-17)11-25-2;;/h3-4,9-10,13-14H,5-8,11,19H2,1-2H3,(H,20,21)(H,22,23,24);2*1H. The number of aryl methyl sites for hydroxylation is 1. The topological polar surface area (TPSA) is 98.0 Å². The van der Waals surface area contributed by atoms with Crippen LogP contribution in [0, 0.1) is 6.92 Å². The maximum Gasteiger partial charge on any atom is 0.156 e. The molecule has 0 spiro atoms. The van der Waals surface area contributed by atoms with E-state index in [0.717, 1.165) is 48.7 Å². The Morgan fingerprint density at radius 3 is 2.59 bits per heavy atom. The number of nitrogens with two attached hydrogens (primary N) is 1. The van der Waals surface area contributed by atoms with Crippen LogP contribution < -0.4 is 16.4 Å². The first-order valence-corrected chi connectivity index (χ1v) is 8.66. The molecule has 1 fully saturated rings. The number of pyridine rings is 1. The third-order valence-corrected chi connectivity index (χ3v) is 4.43. The quantitative estimate of drug-likeness (QED) is 0.571. The van der Waals surface area contributed by atoms with Gasteiger partial charge < -0.3 is 21.1 Å². The van der Waals surface area contributed by atoms with Crippen LogP contribution in [0.5, 0.6) is 0 Å². The number of ether oxygens (including phenoxy) is 1. The number of hydrogen-bond acceptors (Lipinski definition) is 7. The van der Waals surface area contributed by atoms with E-state index in [1.54, 1.807) is 13.3 Å². The molecule has 1 aliphatic rings. The summed E-state index contributed by atoms with van der Waals surface area (Å²) in [5, 5.41) is 6.77. The molecule has 2 aromatic heterocycles. The van der Waals surface area contributed by atoms with Gasteiger partial charge in [-0.1, -0.05) is 0 Å². The van der Waals surface area contributed by atoms with Crippen molar-refractivity contribution in [2.24, 2.45) is 5.73 Å². The van der Waals surface area contributed by atoms with Crippen LogP contribution in [-0.4, -0.2) is 41.2 Å². The van der Waals surface area contributed by atoms with Crippen LogP contribution >= 0.6 is 24.8 Å². The van der Waals surface area contributed by atoms with Gasteiger partial charge in [0.05, 0.1) is 0 Å².